The number of rotatable bonds is 4. The summed E-state index contributed by atoms with van der Waals surface area (Å²) in [7, 11) is 1.64. The van der Waals surface area contributed by atoms with E-state index < -0.39 is 0 Å². The standard InChI is InChI=1S/C18H20N2O2/c1-22-17-9-5-4-8-15(17)12-20-18(21)16-10-13-6-2-3-7-14(13)11-19-16/h2-9,16,19H,10-12H2,1H3,(H,20,21). The van der Waals surface area contributed by atoms with Gasteiger partial charge in [-0.3, -0.25) is 4.79 Å². The van der Waals surface area contributed by atoms with E-state index in [1.807, 2.05) is 36.4 Å². The number of nitrogens with one attached hydrogen (secondary N) is 2. The second-order valence-corrected chi connectivity index (χ2v) is 5.44. The van der Waals surface area contributed by atoms with Gasteiger partial charge in [0.25, 0.3) is 0 Å². The molecule has 0 bridgehead atoms. The summed E-state index contributed by atoms with van der Waals surface area (Å²) in [6, 6.07) is 15.8. The molecule has 4 nitrogen and oxygen atoms in total. The Balaban J connectivity index is 1.61. The van der Waals surface area contributed by atoms with Crippen LogP contribution in [0.1, 0.15) is 16.7 Å². The van der Waals surface area contributed by atoms with Crippen LogP contribution in [-0.4, -0.2) is 19.1 Å². The van der Waals surface area contributed by atoms with Crippen LogP contribution in [0.2, 0.25) is 0 Å². The van der Waals surface area contributed by atoms with E-state index in [-0.39, 0.29) is 11.9 Å². The molecule has 1 aliphatic heterocycles. The number of hydrogen-bond donors (Lipinski definition) is 2. The molecule has 0 saturated heterocycles. The highest BCUT2D eigenvalue weighted by atomic mass is 16.5. The maximum Gasteiger partial charge on any atom is 0.237 e. The summed E-state index contributed by atoms with van der Waals surface area (Å²) in [5, 5.41) is 6.29. The minimum atomic E-state index is -0.176. The highest BCUT2D eigenvalue weighted by molar-refractivity contribution is 5.82. The molecule has 1 heterocycles. The van der Waals surface area contributed by atoms with Crippen molar-refractivity contribution < 1.29 is 9.53 Å². The van der Waals surface area contributed by atoms with Crippen LogP contribution >= 0.6 is 0 Å². The van der Waals surface area contributed by atoms with Crippen molar-refractivity contribution in [2.45, 2.75) is 25.6 Å². The van der Waals surface area contributed by atoms with Crippen LogP contribution in [0.4, 0.5) is 0 Å². The average Bonchev–Trinajstić information content (AvgIpc) is 2.59. The van der Waals surface area contributed by atoms with Crippen LogP contribution in [0, 0.1) is 0 Å². The van der Waals surface area contributed by atoms with Gasteiger partial charge >= 0.3 is 0 Å². The topological polar surface area (TPSA) is 50.4 Å². The first-order valence-electron chi connectivity index (χ1n) is 7.47. The van der Waals surface area contributed by atoms with Crippen molar-refractivity contribution in [1.29, 1.82) is 0 Å². The number of carbonyl (C=O) groups is 1. The van der Waals surface area contributed by atoms with Crippen molar-refractivity contribution in [3.05, 3.63) is 65.2 Å². The lowest BCUT2D eigenvalue weighted by atomic mass is 9.95. The number of hydrogen-bond acceptors (Lipinski definition) is 3. The molecule has 2 N–H and O–H groups in total. The van der Waals surface area contributed by atoms with Gasteiger partial charge in [-0.1, -0.05) is 42.5 Å². The lowest BCUT2D eigenvalue weighted by Crippen LogP contribution is -2.47. The van der Waals surface area contributed by atoms with Crippen molar-refractivity contribution >= 4 is 5.91 Å². The van der Waals surface area contributed by atoms with Crippen molar-refractivity contribution in [3.8, 4) is 5.75 Å². The fraction of sp³-hybridized carbons (Fsp3) is 0.278. The molecule has 1 aliphatic rings. The zero-order chi connectivity index (χ0) is 15.4. The van der Waals surface area contributed by atoms with Crippen LogP contribution in [0.3, 0.4) is 0 Å². The minimum absolute atomic E-state index is 0.0282. The van der Waals surface area contributed by atoms with Gasteiger partial charge in [0, 0.05) is 18.7 Å². The predicted molar refractivity (Wildman–Crippen MR) is 85.6 cm³/mol. The monoisotopic (exact) mass is 296 g/mol. The second kappa shape index (κ2) is 6.62. The SMILES string of the molecule is COc1ccccc1CNC(=O)C1Cc2ccccc2CN1. The van der Waals surface area contributed by atoms with E-state index >= 15 is 0 Å². The molecule has 1 unspecified atom stereocenters. The lowest BCUT2D eigenvalue weighted by molar-refractivity contribution is -0.123. The van der Waals surface area contributed by atoms with E-state index in [0.29, 0.717) is 6.54 Å². The summed E-state index contributed by atoms with van der Waals surface area (Å²) in [5.41, 5.74) is 3.50. The molecule has 0 spiro atoms. The Hall–Kier alpha value is -2.33. The molecule has 0 radical (unpaired) electrons. The van der Waals surface area contributed by atoms with Gasteiger partial charge in [-0.2, -0.15) is 0 Å². The Morgan fingerprint density at radius 3 is 2.73 bits per heavy atom. The molecule has 3 rings (SSSR count). The fourth-order valence-corrected chi connectivity index (χ4v) is 2.79. The van der Waals surface area contributed by atoms with Gasteiger partial charge in [-0.05, 0) is 23.6 Å². The van der Waals surface area contributed by atoms with Gasteiger partial charge in [-0.25, -0.2) is 0 Å². The Labute approximate surface area is 130 Å². The molecule has 2 aromatic rings. The maximum absolute atomic E-state index is 12.4. The van der Waals surface area contributed by atoms with Gasteiger partial charge < -0.3 is 15.4 Å². The van der Waals surface area contributed by atoms with Crippen LogP contribution in [0.25, 0.3) is 0 Å². The summed E-state index contributed by atoms with van der Waals surface area (Å²) < 4.78 is 5.30. The molecule has 1 amide bonds. The Bertz CT molecular complexity index is 670. The van der Waals surface area contributed by atoms with Gasteiger partial charge in [0.1, 0.15) is 5.75 Å². The maximum atomic E-state index is 12.4. The van der Waals surface area contributed by atoms with Crippen LogP contribution in [-0.2, 0) is 24.3 Å². The number of methoxy groups -OCH3 is 1. The molecule has 2 aromatic carbocycles. The van der Waals surface area contributed by atoms with Crippen molar-refractivity contribution in [3.63, 3.8) is 0 Å². The quantitative estimate of drug-likeness (QED) is 0.907. The first-order valence-corrected chi connectivity index (χ1v) is 7.47. The fourth-order valence-electron chi connectivity index (χ4n) is 2.79. The normalized spacial score (nSPS) is 16.7. The molecule has 4 heteroatoms. The van der Waals surface area contributed by atoms with Gasteiger partial charge in [0.2, 0.25) is 5.91 Å². The van der Waals surface area contributed by atoms with E-state index in [9.17, 15) is 4.79 Å². The first kappa shape index (κ1) is 14.6. The third-order valence-electron chi connectivity index (χ3n) is 4.04. The third kappa shape index (κ3) is 3.12. The van der Waals surface area contributed by atoms with E-state index in [1.165, 1.54) is 11.1 Å². The average molecular weight is 296 g/mol. The third-order valence-corrected chi connectivity index (χ3v) is 4.04. The number of benzene rings is 2. The highest BCUT2D eigenvalue weighted by Crippen LogP contribution is 2.18. The van der Waals surface area contributed by atoms with Gasteiger partial charge in [0.05, 0.1) is 13.2 Å². The Morgan fingerprint density at radius 1 is 1.18 bits per heavy atom. The number of carbonyl (C=O) groups excluding carboxylic acids is 1. The van der Waals surface area contributed by atoms with Crippen molar-refractivity contribution in [2.75, 3.05) is 7.11 Å². The predicted octanol–water partition coefficient (Wildman–Crippen LogP) is 2.03. The molecule has 0 aliphatic carbocycles. The molecular weight excluding hydrogens is 276 g/mol. The minimum Gasteiger partial charge on any atom is -0.496 e. The summed E-state index contributed by atoms with van der Waals surface area (Å²) in [4.78, 5) is 12.4. The summed E-state index contributed by atoms with van der Waals surface area (Å²) in [6.07, 6.45) is 0.730. The van der Waals surface area contributed by atoms with Crippen molar-refractivity contribution in [2.24, 2.45) is 0 Å². The largest absolute Gasteiger partial charge is 0.496 e. The summed E-state index contributed by atoms with van der Waals surface area (Å²) >= 11 is 0. The van der Waals surface area contributed by atoms with Crippen molar-refractivity contribution in [1.82, 2.24) is 10.6 Å². The molecule has 0 fully saturated rings. The van der Waals surface area contributed by atoms with Gasteiger partial charge in [0.15, 0.2) is 0 Å². The Morgan fingerprint density at radius 2 is 1.91 bits per heavy atom. The highest BCUT2D eigenvalue weighted by Gasteiger charge is 2.23. The molecule has 22 heavy (non-hydrogen) atoms. The van der Waals surface area contributed by atoms with Crippen LogP contribution in [0.15, 0.2) is 48.5 Å². The number of fused-ring (bicyclic) bond motifs is 1. The first-order chi connectivity index (χ1) is 10.8. The molecule has 1 atom stereocenters. The van der Waals surface area contributed by atoms with E-state index in [2.05, 4.69) is 22.8 Å². The van der Waals surface area contributed by atoms with Gasteiger partial charge in [-0.15, -0.1) is 0 Å². The summed E-state index contributed by atoms with van der Waals surface area (Å²) in [6.45, 7) is 1.21. The van der Waals surface area contributed by atoms with E-state index in [0.717, 1.165) is 24.3 Å². The summed E-state index contributed by atoms with van der Waals surface area (Å²) in [5.74, 6) is 0.824. The Kier molecular flexibility index (Phi) is 4.39. The second-order valence-electron chi connectivity index (χ2n) is 5.44. The van der Waals surface area contributed by atoms with E-state index in [4.69, 9.17) is 4.74 Å². The smallest absolute Gasteiger partial charge is 0.237 e. The van der Waals surface area contributed by atoms with Crippen LogP contribution < -0.4 is 15.4 Å². The zero-order valence-corrected chi connectivity index (χ0v) is 12.6. The lowest BCUT2D eigenvalue weighted by Gasteiger charge is -2.25. The molecule has 114 valence electrons. The zero-order valence-electron chi connectivity index (χ0n) is 12.6. The number of amides is 1. The van der Waals surface area contributed by atoms with Crippen LogP contribution in [0.5, 0.6) is 5.75 Å². The van der Waals surface area contributed by atoms with E-state index in [1.54, 1.807) is 7.11 Å². The molecular formula is C18H20N2O2. The number of para-hydroxylation sites is 1. The molecule has 0 aromatic heterocycles. The number of ether oxygens (including phenoxy) is 1. The molecule has 0 saturated carbocycles.